The fourth-order valence-corrected chi connectivity index (χ4v) is 7.58. The van der Waals surface area contributed by atoms with Crippen molar-refractivity contribution in [3.8, 4) is 31.6 Å². The van der Waals surface area contributed by atoms with E-state index in [0.717, 1.165) is 42.2 Å². The zero-order valence-corrected chi connectivity index (χ0v) is 21.7. The quantitative estimate of drug-likeness (QED) is 0.331. The van der Waals surface area contributed by atoms with Gasteiger partial charge in [0.1, 0.15) is 15.6 Å². The molecule has 2 aliphatic rings. The minimum Gasteiger partial charge on any atom is -0.390 e. The van der Waals surface area contributed by atoms with Gasteiger partial charge in [0.25, 0.3) is 0 Å². The molecule has 0 atom stereocenters. The Labute approximate surface area is 218 Å². The Hall–Kier alpha value is -2.46. The lowest BCUT2D eigenvalue weighted by atomic mass is 9.63. The molecule has 0 radical (unpaired) electrons. The number of nitrogens with two attached hydrogens (primary N) is 1. The van der Waals surface area contributed by atoms with Crippen LogP contribution in [-0.4, -0.2) is 39.0 Å². The van der Waals surface area contributed by atoms with E-state index in [4.69, 9.17) is 15.5 Å². The smallest absolute Gasteiger partial charge is 0.136 e. The third-order valence-corrected chi connectivity index (χ3v) is 9.69. The van der Waals surface area contributed by atoms with Crippen molar-refractivity contribution in [1.82, 2.24) is 9.97 Å². The van der Waals surface area contributed by atoms with E-state index in [1.807, 2.05) is 31.3 Å². The Morgan fingerprint density at radius 1 is 0.917 bits per heavy atom. The van der Waals surface area contributed by atoms with E-state index >= 15 is 0 Å². The van der Waals surface area contributed by atoms with Crippen molar-refractivity contribution in [3.63, 3.8) is 0 Å². The monoisotopic (exact) mass is 519 g/mol. The molecule has 6 nitrogen and oxygen atoms in total. The van der Waals surface area contributed by atoms with Gasteiger partial charge >= 0.3 is 0 Å². The number of aliphatic hydroxyl groups is 2. The van der Waals surface area contributed by atoms with Crippen LogP contribution in [0.3, 0.4) is 0 Å². The molecule has 4 aromatic rings. The Morgan fingerprint density at radius 2 is 1.61 bits per heavy atom. The van der Waals surface area contributed by atoms with Crippen molar-refractivity contribution in [2.75, 3.05) is 13.2 Å². The molecule has 2 aromatic heterocycles. The molecule has 2 aromatic carbocycles. The van der Waals surface area contributed by atoms with Crippen LogP contribution >= 0.6 is 22.7 Å². The van der Waals surface area contributed by atoms with Crippen LogP contribution in [0.5, 0.6) is 0 Å². The molecule has 36 heavy (non-hydrogen) atoms. The number of ether oxygens (including phenoxy) is 1. The number of aromatic nitrogens is 2. The molecule has 0 unspecified atom stereocenters. The van der Waals surface area contributed by atoms with Gasteiger partial charge in [0.05, 0.1) is 21.0 Å². The summed E-state index contributed by atoms with van der Waals surface area (Å²) in [5, 5.41) is 22.9. The maximum Gasteiger partial charge on any atom is 0.136 e. The Morgan fingerprint density at radius 3 is 2.28 bits per heavy atom. The van der Waals surface area contributed by atoms with Crippen LogP contribution in [0.25, 0.3) is 31.6 Å². The van der Waals surface area contributed by atoms with E-state index in [0.29, 0.717) is 38.9 Å². The molecule has 8 heteroatoms. The SMILES string of the molecule is CC1(O)CC(N)(c2ccc(-c3nc(-c4cnc(C5(O)CCOCC5)s4)sc3-c3ccccc3)cc2)C1. The Balaban J connectivity index is 1.36. The highest BCUT2D eigenvalue weighted by Gasteiger charge is 2.49. The number of hydrogen-bond donors (Lipinski definition) is 3. The van der Waals surface area contributed by atoms with Crippen LogP contribution in [-0.2, 0) is 15.9 Å². The highest BCUT2D eigenvalue weighted by molar-refractivity contribution is 7.23. The molecule has 186 valence electrons. The van der Waals surface area contributed by atoms with E-state index in [9.17, 15) is 10.2 Å². The summed E-state index contributed by atoms with van der Waals surface area (Å²) >= 11 is 3.15. The summed E-state index contributed by atoms with van der Waals surface area (Å²) in [6, 6.07) is 18.6. The standard InChI is InChI=1S/C28H29N3O3S2/c1-26(32)16-27(29,17-26)20-9-7-18(8-10-20)22-23(19-5-3-2-4-6-19)36-24(31-22)21-15-30-25(35-21)28(33)11-13-34-14-12-28/h2-10,15,32-33H,11-14,16-17,29H2,1H3. The number of thiazole rings is 2. The first-order chi connectivity index (χ1) is 17.2. The molecule has 1 saturated carbocycles. The molecule has 0 spiro atoms. The molecule has 6 rings (SSSR count). The fourth-order valence-electron chi connectivity index (χ4n) is 5.39. The van der Waals surface area contributed by atoms with Crippen LogP contribution in [0.1, 0.15) is 43.2 Å². The Bertz CT molecular complexity index is 1360. The lowest BCUT2D eigenvalue weighted by Gasteiger charge is -2.49. The Kier molecular flexibility index (Phi) is 5.87. The van der Waals surface area contributed by atoms with Crippen LogP contribution in [0, 0.1) is 0 Å². The first-order valence-electron chi connectivity index (χ1n) is 12.2. The normalized spacial score (nSPS) is 25.4. The van der Waals surface area contributed by atoms with Crippen LogP contribution < -0.4 is 5.73 Å². The summed E-state index contributed by atoms with van der Waals surface area (Å²) in [5.74, 6) is 0. The summed E-state index contributed by atoms with van der Waals surface area (Å²) in [7, 11) is 0. The maximum atomic E-state index is 11.1. The number of hydrogen-bond acceptors (Lipinski definition) is 8. The molecular weight excluding hydrogens is 490 g/mol. The molecule has 1 saturated heterocycles. The molecule has 0 bridgehead atoms. The molecule has 0 amide bonds. The lowest BCUT2D eigenvalue weighted by molar-refractivity contribution is -0.0739. The van der Waals surface area contributed by atoms with Crippen molar-refractivity contribution < 1.29 is 14.9 Å². The maximum absolute atomic E-state index is 11.1. The minimum atomic E-state index is -0.927. The summed E-state index contributed by atoms with van der Waals surface area (Å²) in [6.07, 6.45) is 4.06. The second kappa shape index (κ2) is 8.83. The molecular formula is C28H29N3O3S2. The topological polar surface area (TPSA) is 101 Å². The van der Waals surface area contributed by atoms with Gasteiger partial charge in [-0.1, -0.05) is 54.6 Å². The number of nitrogens with zero attached hydrogens (tertiary/aromatic N) is 2. The third-order valence-electron chi connectivity index (χ3n) is 7.22. The highest BCUT2D eigenvalue weighted by atomic mass is 32.1. The minimum absolute atomic E-state index is 0.485. The average molecular weight is 520 g/mol. The zero-order chi connectivity index (χ0) is 25.0. The average Bonchev–Trinajstić information content (AvgIpc) is 3.52. The van der Waals surface area contributed by atoms with Gasteiger partial charge < -0.3 is 20.7 Å². The van der Waals surface area contributed by atoms with Crippen molar-refractivity contribution in [3.05, 3.63) is 71.4 Å². The largest absolute Gasteiger partial charge is 0.390 e. The second-order valence-electron chi connectivity index (χ2n) is 10.3. The second-order valence-corrected chi connectivity index (χ2v) is 12.4. The van der Waals surface area contributed by atoms with Crippen LogP contribution in [0.2, 0.25) is 0 Å². The lowest BCUT2D eigenvalue weighted by Crippen LogP contribution is -2.58. The van der Waals surface area contributed by atoms with Crippen molar-refractivity contribution in [2.24, 2.45) is 5.73 Å². The van der Waals surface area contributed by atoms with E-state index in [-0.39, 0.29) is 0 Å². The van der Waals surface area contributed by atoms with Crippen LogP contribution in [0.15, 0.2) is 60.8 Å². The van der Waals surface area contributed by atoms with E-state index in [1.165, 1.54) is 11.3 Å². The number of benzene rings is 2. The van der Waals surface area contributed by atoms with Gasteiger partial charge in [-0.05, 0) is 30.9 Å². The molecule has 2 fully saturated rings. The first kappa shape index (κ1) is 23.9. The number of rotatable bonds is 5. The zero-order valence-electron chi connectivity index (χ0n) is 20.1. The van der Waals surface area contributed by atoms with Crippen molar-refractivity contribution >= 4 is 22.7 Å². The van der Waals surface area contributed by atoms with Crippen LogP contribution in [0.4, 0.5) is 0 Å². The van der Waals surface area contributed by atoms with Gasteiger partial charge in [-0.2, -0.15) is 0 Å². The fraction of sp³-hybridized carbons (Fsp3) is 0.357. The van der Waals surface area contributed by atoms with Gasteiger partial charge in [0.15, 0.2) is 0 Å². The van der Waals surface area contributed by atoms with E-state index in [2.05, 4.69) is 41.4 Å². The predicted octanol–water partition coefficient (Wildman–Crippen LogP) is 5.30. The third kappa shape index (κ3) is 4.32. The van der Waals surface area contributed by atoms with Crippen molar-refractivity contribution in [1.29, 1.82) is 0 Å². The van der Waals surface area contributed by atoms with Crippen molar-refractivity contribution in [2.45, 2.75) is 49.3 Å². The summed E-state index contributed by atoms with van der Waals surface area (Å²) in [5.41, 5.74) is 8.53. The first-order valence-corrected chi connectivity index (χ1v) is 13.8. The van der Waals surface area contributed by atoms with E-state index in [1.54, 1.807) is 11.3 Å². The molecule has 3 heterocycles. The van der Waals surface area contributed by atoms with Gasteiger partial charge in [0.2, 0.25) is 0 Å². The predicted molar refractivity (Wildman–Crippen MR) is 144 cm³/mol. The molecule has 4 N–H and O–H groups in total. The summed E-state index contributed by atoms with van der Waals surface area (Å²) in [4.78, 5) is 11.7. The highest BCUT2D eigenvalue weighted by Crippen LogP contribution is 2.47. The van der Waals surface area contributed by atoms with Gasteiger partial charge in [-0.15, -0.1) is 22.7 Å². The molecule has 1 aliphatic heterocycles. The van der Waals surface area contributed by atoms with Gasteiger partial charge in [-0.3, -0.25) is 0 Å². The summed E-state index contributed by atoms with van der Waals surface area (Å²) < 4.78 is 5.43. The summed E-state index contributed by atoms with van der Waals surface area (Å²) in [6.45, 7) is 2.92. The molecule has 1 aliphatic carbocycles. The van der Waals surface area contributed by atoms with Gasteiger partial charge in [0, 0.05) is 43.4 Å². The van der Waals surface area contributed by atoms with E-state index < -0.39 is 16.7 Å². The van der Waals surface area contributed by atoms with Gasteiger partial charge in [-0.25, -0.2) is 9.97 Å².